The molecule has 0 saturated carbocycles. The average Bonchev–Trinajstić information content (AvgIpc) is 2.69. The number of fused-ring (bicyclic) bond motifs is 1. The molecular weight excluding hydrogens is 286 g/mol. The zero-order chi connectivity index (χ0) is 14.8. The molecule has 0 fully saturated rings. The van der Waals surface area contributed by atoms with Gasteiger partial charge < -0.3 is 4.90 Å². The number of benzene rings is 1. The maximum Gasteiger partial charge on any atom is 0.278 e. The number of hydrogen-bond donors (Lipinski definition) is 0. The molecule has 0 atom stereocenters. The Balaban J connectivity index is 1.98. The van der Waals surface area contributed by atoms with E-state index >= 15 is 0 Å². The highest BCUT2D eigenvalue weighted by molar-refractivity contribution is 6.30. The first-order chi connectivity index (χ1) is 10.1. The standard InChI is InChI=1S/C16H16ClN3O/c1-11-5-7-14(19-18-11)16(21)20-9-3-2-4-12-10-13(17)6-8-15(12)20/h5-8,10H,2-4,9H2,1H3. The number of rotatable bonds is 1. The van der Waals surface area contributed by atoms with Gasteiger partial charge in [-0.1, -0.05) is 11.6 Å². The summed E-state index contributed by atoms with van der Waals surface area (Å²) in [5.41, 5.74) is 3.23. The van der Waals surface area contributed by atoms with Crippen molar-refractivity contribution in [3.05, 3.63) is 52.3 Å². The molecule has 2 heterocycles. The minimum Gasteiger partial charge on any atom is -0.307 e. The van der Waals surface area contributed by atoms with Crippen LogP contribution in [0.25, 0.3) is 0 Å². The summed E-state index contributed by atoms with van der Waals surface area (Å²) in [5, 5.41) is 8.68. The predicted octanol–water partition coefficient (Wildman–Crippen LogP) is 3.42. The van der Waals surface area contributed by atoms with Crippen LogP contribution in [0.2, 0.25) is 5.02 Å². The molecule has 0 saturated heterocycles. The molecule has 1 aromatic heterocycles. The van der Waals surface area contributed by atoms with Crippen LogP contribution in [0.5, 0.6) is 0 Å². The number of aromatic nitrogens is 2. The molecule has 0 N–H and O–H groups in total. The second kappa shape index (κ2) is 5.82. The molecule has 5 heteroatoms. The van der Waals surface area contributed by atoms with E-state index in [0.29, 0.717) is 17.3 Å². The van der Waals surface area contributed by atoms with Crippen LogP contribution in [0.1, 0.15) is 34.6 Å². The van der Waals surface area contributed by atoms with Gasteiger partial charge in [0, 0.05) is 17.3 Å². The fraction of sp³-hybridized carbons (Fsp3) is 0.312. The van der Waals surface area contributed by atoms with Crippen LogP contribution in [-0.2, 0) is 6.42 Å². The SMILES string of the molecule is Cc1ccc(C(=O)N2CCCCc3cc(Cl)ccc32)nn1. The Morgan fingerprint density at radius 3 is 2.81 bits per heavy atom. The van der Waals surface area contributed by atoms with Crippen molar-refractivity contribution in [3.8, 4) is 0 Å². The Hall–Kier alpha value is -1.94. The minimum absolute atomic E-state index is 0.104. The summed E-state index contributed by atoms with van der Waals surface area (Å²) >= 11 is 6.07. The van der Waals surface area contributed by atoms with Gasteiger partial charge in [0.05, 0.1) is 5.69 Å². The summed E-state index contributed by atoms with van der Waals surface area (Å²) in [4.78, 5) is 14.5. The van der Waals surface area contributed by atoms with Gasteiger partial charge in [-0.05, 0) is 62.1 Å². The van der Waals surface area contributed by atoms with E-state index < -0.39 is 0 Å². The molecule has 21 heavy (non-hydrogen) atoms. The smallest absolute Gasteiger partial charge is 0.278 e. The lowest BCUT2D eigenvalue weighted by Crippen LogP contribution is -2.32. The van der Waals surface area contributed by atoms with Gasteiger partial charge in [-0.25, -0.2) is 0 Å². The first-order valence-electron chi connectivity index (χ1n) is 7.06. The van der Waals surface area contributed by atoms with Gasteiger partial charge in [0.2, 0.25) is 0 Å². The van der Waals surface area contributed by atoms with Gasteiger partial charge in [0.1, 0.15) is 0 Å². The second-order valence-electron chi connectivity index (χ2n) is 5.25. The van der Waals surface area contributed by atoms with Crippen molar-refractivity contribution in [1.29, 1.82) is 0 Å². The van der Waals surface area contributed by atoms with Gasteiger partial charge in [0.15, 0.2) is 5.69 Å². The molecule has 2 aromatic rings. The van der Waals surface area contributed by atoms with Crippen molar-refractivity contribution in [1.82, 2.24) is 10.2 Å². The lowest BCUT2D eigenvalue weighted by atomic mass is 10.1. The molecule has 3 rings (SSSR count). The van der Waals surface area contributed by atoms with Crippen molar-refractivity contribution < 1.29 is 4.79 Å². The Kier molecular flexibility index (Phi) is 3.88. The van der Waals surface area contributed by atoms with E-state index in [1.54, 1.807) is 17.0 Å². The van der Waals surface area contributed by atoms with Crippen molar-refractivity contribution in [3.63, 3.8) is 0 Å². The Bertz CT molecular complexity index is 670. The number of halogens is 1. The summed E-state index contributed by atoms with van der Waals surface area (Å²) in [6, 6.07) is 9.23. The van der Waals surface area contributed by atoms with E-state index in [1.165, 1.54) is 0 Å². The molecule has 1 amide bonds. The molecule has 4 nitrogen and oxygen atoms in total. The topological polar surface area (TPSA) is 46.1 Å². The fourth-order valence-corrected chi connectivity index (χ4v) is 2.78. The fourth-order valence-electron chi connectivity index (χ4n) is 2.59. The van der Waals surface area contributed by atoms with Crippen molar-refractivity contribution >= 4 is 23.2 Å². The maximum atomic E-state index is 12.7. The zero-order valence-corrected chi connectivity index (χ0v) is 12.6. The maximum absolute atomic E-state index is 12.7. The van der Waals surface area contributed by atoms with Crippen LogP contribution in [0, 0.1) is 6.92 Å². The molecule has 0 radical (unpaired) electrons. The van der Waals surface area contributed by atoms with Crippen LogP contribution >= 0.6 is 11.6 Å². The van der Waals surface area contributed by atoms with Crippen LogP contribution in [0.4, 0.5) is 5.69 Å². The summed E-state index contributed by atoms with van der Waals surface area (Å²) in [5.74, 6) is -0.104. The molecule has 0 aliphatic carbocycles. The molecule has 0 spiro atoms. The number of amides is 1. The van der Waals surface area contributed by atoms with E-state index in [1.807, 2.05) is 25.1 Å². The van der Waals surface area contributed by atoms with E-state index in [4.69, 9.17) is 11.6 Å². The average molecular weight is 302 g/mol. The third kappa shape index (κ3) is 2.90. The number of nitrogens with zero attached hydrogens (tertiary/aromatic N) is 3. The van der Waals surface area contributed by atoms with Gasteiger partial charge in [-0.2, -0.15) is 5.10 Å². The molecule has 0 unspecified atom stereocenters. The number of anilines is 1. The summed E-state index contributed by atoms with van der Waals surface area (Å²) < 4.78 is 0. The molecule has 1 aliphatic rings. The van der Waals surface area contributed by atoms with Gasteiger partial charge in [-0.15, -0.1) is 5.10 Å². The summed E-state index contributed by atoms with van der Waals surface area (Å²) in [7, 11) is 0. The third-order valence-corrected chi connectivity index (χ3v) is 3.91. The molecule has 1 aliphatic heterocycles. The van der Waals surface area contributed by atoms with Crippen LogP contribution in [0.15, 0.2) is 30.3 Å². The van der Waals surface area contributed by atoms with Crippen LogP contribution < -0.4 is 4.90 Å². The number of aryl methyl sites for hydroxylation is 2. The largest absolute Gasteiger partial charge is 0.307 e. The summed E-state index contributed by atoms with van der Waals surface area (Å²) in [6.07, 6.45) is 2.97. The highest BCUT2D eigenvalue weighted by atomic mass is 35.5. The Morgan fingerprint density at radius 1 is 1.19 bits per heavy atom. The first kappa shape index (κ1) is 14.0. The van der Waals surface area contributed by atoms with Gasteiger partial charge in [0.25, 0.3) is 5.91 Å². The van der Waals surface area contributed by atoms with E-state index in [9.17, 15) is 4.79 Å². The number of carbonyl (C=O) groups is 1. The first-order valence-corrected chi connectivity index (χ1v) is 7.43. The van der Waals surface area contributed by atoms with E-state index in [2.05, 4.69) is 10.2 Å². The highest BCUT2D eigenvalue weighted by Gasteiger charge is 2.23. The van der Waals surface area contributed by atoms with Crippen molar-refractivity contribution in [2.24, 2.45) is 0 Å². The van der Waals surface area contributed by atoms with Crippen molar-refractivity contribution in [2.75, 3.05) is 11.4 Å². The quantitative estimate of drug-likeness (QED) is 0.811. The van der Waals surface area contributed by atoms with Gasteiger partial charge in [-0.3, -0.25) is 4.79 Å². The lowest BCUT2D eigenvalue weighted by molar-refractivity contribution is 0.0981. The van der Waals surface area contributed by atoms with E-state index in [-0.39, 0.29) is 5.91 Å². The number of carbonyl (C=O) groups excluding carboxylic acids is 1. The molecule has 0 bridgehead atoms. The predicted molar refractivity (Wildman–Crippen MR) is 82.8 cm³/mol. The molecule has 108 valence electrons. The normalized spacial score (nSPS) is 14.5. The second-order valence-corrected chi connectivity index (χ2v) is 5.68. The Labute approximate surface area is 128 Å². The third-order valence-electron chi connectivity index (χ3n) is 3.67. The van der Waals surface area contributed by atoms with Crippen LogP contribution in [0.3, 0.4) is 0 Å². The number of hydrogen-bond acceptors (Lipinski definition) is 3. The minimum atomic E-state index is -0.104. The van der Waals surface area contributed by atoms with E-state index in [0.717, 1.165) is 36.2 Å². The van der Waals surface area contributed by atoms with Crippen LogP contribution in [-0.4, -0.2) is 22.6 Å². The summed E-state index contributed by atoms with van der Waals surface area (Å²) in [6.45, 7) is 2.55. The van der Waals surface area contributed by atoms with Gasteiger partial charge >= 0.3 is 0 Å². The molecule has 1 aromatic carbocycles. The zero-order valence-electron chi connectivity index (χ0n) is 11.8. The highest BCUT2D eigenvalue weighted by Crippen LogP contribution is 2.29. The Morgan fingerprint density at radius 2 is 2.05 bits per heavy atom. The monoisotopic (exact) mass is 301 g/mol. The molecular formula is C16H16ClN3O. The van der Waals surface area contributed by atoms with Crippen molar-refractivity contribution in [2.45, 2.75) is 26.2 Å². The lowest BCUT2D eigenvalue weighted by Gasteiger charge is -2.22.